The van der Waals surface area contributed by atoms with Gasteiger partial charge >= 0.3 is 13.2 Å². The first-order chi connectivity index (χ1) is 6.66. The molecule has 72 valence electrons. The van der Waals surface area contributed by atoms with E-state index in [0.29, 0.717) is 17.8 Å². The summed E-state index contributed by atoms with van der Waals surface area (Å²) in [6, 6.07) is 4.89. The van der Waals surface area contributed by atoms with Crippen molar-refractivity contribution in [2.45, 2.75) is 6.61 Å². The van der Waals surface area contributed by atoms with Crippen LogP contribution in [0.5, 0.6) is 0 Å². The van der Waals surface area contributed by atoms with Crippen molar-refractivity contribution in [2.24, 2.45) is 0 Å². The van der Waals surface area contributed by atoms with Gasteiger partial charge in [-0.15, -0.1) is 0 Å². The van der Waals surface area contributed by atoms with E-state index in [1.807, 2.05) is 0 Å². The number of carboxylic acid groups (broad SMARTS) is 1. The van der Waals surface area contributed by atoms with Gasteiger partial charge in [-0.3, -0.25) is 5.32 Å². The molecular formula is C8H8BNO4. The SMILES string of the molecule is O=C(O)Nc1ccc2c(c1)COB2O. The molecule has 1 heterocycles. The molecule has 1 aliphatic rings. The fraction of sp³-hybridized carbons (Fsp3) is 0.125. The molecule has 6 heteroatoms. The smallest absolute Gasteiger partial charge is 0.465 e. The van der Waals surface area contributed by atoms with Crippen molar-refractivity contribution in [2.75, 3.05) is 5.32 Å². The van der Waals surface area contributed by atoms with Crippen LogP contribution in [0.15, 0.2) is 18.2 Å². The Bertz CT molecular complexity index is 382. The van der Waals surface area contributed by atoms with E-state index in [1.165, 1.54) is 0 Å². The van der Waals surface area contributed by atoms with E-state index in [9.17, 15) is 9.82 Å². The molecule has 1 aliphatic heterocycles. The van der Waals surface area contributed by atoms with Crippen molar-refractivity contribution in [3.63, 3.8) is 0 Å². The maximum Gasteiger partial charge on any atom is 0.491 e. The molecule has 0 bridgehead atoms. The lowest BCUT2D eigenvalue weighted by molar-refractivity contribution is 0.209. The molecule has 0 radical (unpaired) electrons. The van der Waals surface area contributed by atoms with E-state index in [0.717, 1.165) is 5.56 Å². The highest BCUT2D eigenvalue weighted by Crippen LogP contribution is 2.15. The van der Waals surface area contributed by atoms with Crippen molar-refractivity contribution >= 4 is 24.4 Å². The largest absolute Gasteiger partial charge is 0.491 e. The van der Waals surface area contributed by atoms with Gasteiger partial charge in [0.2, 0.25) is 0 Å². The maximum atomic E-state index is 10.3. The number of hydrogen-bond donors (Lipinski definition) is 3. The topological polar surface area (TPSA) is 78.8 Å². The van der Waals surface area contributed by atoms with Crippen molar-refractivity contribution in [1.82, 2.24) is 0 Å². The molecule has 3 N–H and O–H groups in total. The number of rotatable bonds is 1. The van der Waals surface area contributed by atoms with Gasteiger partial charge in [0, 0.05) is 5.69 Å². The van der Waals surface area contributed by atoms with Gasteiger partial charge < -0.3 is 14.8 Å². The number of anilines is 1. The fourth-order valence-corrected chi connectivity index (χ4v) is 1.43. The molecule has 1 amide bonds. The minimum atomic E-state index is -1.11. The quantitative estimate of drug-likeness (QED) is 0.548. The highest BCUT2D eigenvalue weighted by atomic mass is 16.5. The van der Waals surface area contributed by atoms with Crippen LogP contribution in [-0.2, 0) is 11.3 Å². The molecule has 1 aromatic rings. The van der Waals surface area contributed by atoms with Gasteiger partial charge in [0.25, 0.3) is 0 Å². The van der Waals surface area contributed by atoms with Gasteiger partial charge in [0.05, 0.1) is 6.61 Å². The number of carbonyl (C=O) groups is 1. The van der Waals surface area contributed by atoms with Crippen LogP contribution in [0, 0.1) is 0 Å². The van der Waals surface area contributed by atoms with Crippen LogP contribution in [0.1, 0.15) is 5.56 Å². The molecule has 5 nitrogen and oxygen atoms in total. The number of benzene rings is 1. The zero-order valence-corrected chi connectivity index (χ0v) is 7.23. The average Bonchev–Trinajstić information content (AvgIpc) is 2.46. The number of amides is 1. The van der Waals surface area contributed by atoms with E-state index < -0.39 is 13.2 Å². The summed E-state index contributed by atoms with van der Waals surface area (Å²) in [4.78, 5) is 10.3. The Morgan fingerprint density at radius 2 is 2.36 bits per heavy atom. The fourth-order valence-electron chi connectivity index (χ4n) is 1.43. The predicted molar refractivity (Wildman–Crippen MR) is 50.5 cm³/mol. The first-order valence-corrected chi connectivity index (χ1v) is 4.09. The summed E-state index contributed by atoms with van der Waals surface area (Å²) >= 11 is 0. The zero-order valence-electron chi connectivity index (χ0n) is 7.23. The van der Waals surface area contributed by atoms with Gasteiger partial charge in [-0.2, -0.15) is 0 Å². The van der Waals surface area contributed by atoms with Crippen molar-refractivity contribution in [1.29, 1.82) is 0 Å². The van der Waals surface area contributed by atoms with E-state index >= 15 is 0 Å². The van der Waals surface area contributed by atoms with Crippen LogP contribution >= 0.6 is 0 Å². The van der Waals surface area contributed by atoms with E-state index in [1.54, 1.807) is 18.2 Å². The van der Waals surface area contributed by atoms with Crippen LogP contribution in [0.4, 0.5) is 10.5 Å². The lowest BCUT2D eigenvalue weighted by Crippen LogP contribution is -2.27. The lowest BCUT2D eigenvalue weighted by Gasteiger charge is -2.02. The Labute approximate surface area is 80.5 Å². The van der Waals surface area contributed by atoms with Gasteiger partial charge in [-0.25, -0.2) is 4.79 Å². The monoisotopic (exact) mass is 193 g/mol. The Morgan fingerprint density at radius 3 is 3.07 bits per heavy atom. The second-order valence-electron chi connectivity index (χ2n) is 3.01. The average molecular weight is 193 g/mol. The summed E-state index contributed by atoms with van der Waals surface area (Å²) in [5, 5.41) is 20.0. The van der Waals surface area contributed by atoms with Crippen molar-refractivity contribution in [3.05, 3.63) is 23.8 Å². The zero-order chi connectivity index (χ0) is 10.1. The first kappa shape index (κ1) is 9.05. The van der Waals surface area contributed by atoms with Gasteiger partial charge in [-0.1, -0.05) is 6.07 Å². The molecule has 1 aromatic carbocycles. The summed E-state index contributed by atoms with van der Waals surface area (Å²) in [6.45, 7) is 0.311. The van der Waals surface area contributed by atoms with E-state index in [2.05, 4.69) is 5.32 Å². The minimum absolute atomic E-state index is 0.311. The molecule has 0 unspecified atom stereocenters. The third-order valence-corrected chi connectivity index (χ3v) is 2.06. The molecule has 0 spiro atoms. The summed E-state index contributed by atoms with van der Waals surface area (Å²) in [5.74, 6) is 0. The molecular weight excluding hydrogens is 185 g/mol. The lowest BCUT2D eigenvalue weighted by atomic mass is 9.79. The van der Waals surface area contributed by atoms with Crippen LogP contribution in [0.2, 0.25) is 0 Å². The molecule has 0 aliphatic carbocycles. The third-order valence-electron chi connectivity index (χ3n) is 2.06. The maximum absolute atomic E-state index is 10.3. The second kappa shape index (κ2) is 3.32. The van der Waals surface area contributed by atoms with Gasteiger partial charge in [-0.05, 0) is 23.2 Å². The molecule has 2 rings (SSSR count). The molecule has 14 heavy (non-hydrogen) atoms. The normalized spacial score (nSPS) is 13.9. The van der Waals surface area contributed by atoms with E-state index in [-0.39, 0.29) is 0 Å². The van der Waals surface area contributed by atoms with E-state index in [4.69, 9.17) is 9.76 Å². The Kier molecular flexibility index (Phi) is 2.15. The summed E-state index contributed by atoms with van der Waals surface area (Å²) < 4.78 is 4.96. The van der Waals surface area contributed by atoms with Crippen LogP contribution in [-0.4, -0.2) is 23.3 Å². The molecule has 0 fully saturated rings. The van der Waals surface area contributed by atoms with Gasteiger partial charge in [0.1, 0.15) is 0 Å². The summed E-state index contributed by atoms with van der Waals surface area (Å²) in [7, 11) is -0.885. The van der Waals surface area contributed by atoms with Crippen LogP contribution < -0.4 is 10.8 Å². The first-order valence-electron chi connectivity index (χ1n) is 4.09. The standard InChI is InChI=1S/C8H8BNO4/c11-8(12)10-6-1-2-7-5(3-6)4-14-9(7)13/h1-3,10,13H,4H2,(H,11,12). The highest BCUT2D eigenvalue weighted by Gasteiger charge is 2.26. The van der Waals surface area contributed by atoms with Crippen LogP contribution in [0.3, 0.4) is 0 Å². The number of fused-ring (bicyclic) bond motifs is 1. The minimum Gasteiger partial charge on any atom is -0.465 e. The summed E-state index contributed by atoms with van der Waals surface area (Å²) in [6.07, 6.45) is -1.11. The Hall–Kier alpha value is -1.53. The predicted octanol–water partition coefficient (Wildman–Crippen LogP) is -0.00580. The van der Waals surface area contributed by atoms with Crippen molar-refractivity contribution < 1.29 is 19.6 Å². The summed E-state index contributed by atoms with van der Waals surface area (Å²) in [5.41, 5.74) is 1.98. The van der Waals surface area contributed by atoms with Gasteiger partial charge in [0.15, 0.2) is 0 Å². The molecule has 0 atom stereocenters. The molecule has 0 saturated heterocycles. The molecule has 0 aromatic heterocycles. The number of hydrogen-bond acceptors (Lipinski definition) is 3. The highest BCUT2D eigenvalue weighted by molar-refractivity contribution is 6.61. The third kappa shape index (κ3) is 1.57. The van der Waals surface area contributed by atoms with Crippen molar-refractivity contribution in [3.8, 4) is 0 Å². The second-order valence-corrected chi connectivity index (χ2v) is 3.01. The molecule has 0 saturated carbocycles. The Balaban J connectivity index is 2.28. The Morgan fingerprint density at radius 1 is 1.57 bits per heavy atom. The van der Waals surface area contributed by atoms with Crippen LogP contribution in [0.25, 0.3) is 0 Å². The number of nitrogens with one attached hydrogen (secondary N) is 1.